The van der Waals surface area contributed by atoms with Gasteiger partial charge in [0.2, 0.25) is 0 Å². The maximum atomic E-state index is 4.44. The van der Waals surface area contributed by atoms with E-state index in [1.165, 1.54) is 39.0 Å². The first kappa shape index (κ1) is 22.8. The minimum Gasteiger partial charge on any atom is -0.0991 e. The Kier molecular flexibility index (Phi) is 6.07. The Hall–Kier alpha value is -2.38. The first-order chi connectivity index (χ1) is 15.1. The van der Waals surface area contributed by atoms with Gasteiger partial charge in [0.05, 0.1) is 0 Å². The van der Waals surface area contributed by atoms with Gasteiger partial charge in [-0.15, -0.1) is 0 Å². The minimum absolute atomic E-state index is 0.0221. The lowest BCUT2D eigenvalue weighted by molar-refractivity contribution is 0.642. The summed E-state index contributed by atoms with van der Waals surface area (Å²) < 4.78 is 1.15. The molecular weight excluding hydrogens is 452 g/mol. The van der Waals surface area contributed by atoms with Crippen LogP contribution in [0.2, 0.25) is 0 Å². The maximum absolute atomic E-state index is 4.44. The molecule has 0 spiro atoms. The van der Waals surface area contributed by atoms with Crippen LogP contribution in [-0.4, -0.2) is 0 Å². The third kappa shape index (κ3) is 4.16. The topological polar surface area (TPSA) is 0 Å². The first-order valence-corrected chi connectivity index (χ1v) is 12.2. The molecule has 0 aliphatic heterocycles. The number of rotatable bonds is 5. The molecule has 32 heavy (non-hydrogen) atoms. The van der Waals surface area contributed by atoms with Gasteiger partial charge in [-0.05, 0) is 59.2 Å². The normalized spacial score (nSPS) is 21.0. The molecule has 0 saturated carbocycles. The Morgan fingerprint density at radius 2 is 1.53 bits per heavy atom. The maximum Gasteiger partial charge on any atom is 0.0178 e. The smallest absolute Gasteiger partial charge is 0.0178 e. The summed E-state index contributed by atoms with van der Waals surface area (Å²) in [6.07, 6.45) is 11.6. The van der Waals surface area contributed by atoms with Gasteiger partial charge in [-0.3, -0.25) is 0 Å². The summed E-state index contributed by atoms with van der Waals surface area (Å²) in [5.41, 5.74) is 11.1. The van der Waals surface area contributed by atoms with Crippen molar-refractivity contribution in [1.82, 2.24) is 0 Å². The van der Waals surface area contributed by atoms with Crippen LogP contribution in [0.3, 0.4) is 0 Å². The summed E-state index contributed by atoms with van der Waals surface area (Å²) in [6, 6.07) is 15.5. The molecule has 0 bridgehead atoms. The van der Waals surface area contributed by atoms with Crippen LogP contribution in [-0.2, 0) is 23.7 Å². The van der Waals surface area contributed by atoms with Gasteiger partial charge in [0, 0.05) is 15.3 Å². The third-order valence-electron chi connectivity index (χ3n) is 7.30. The molecule has 0 radical (unpaired) electrons. The second-order valence-electron chi connectivity index (χ2n) is 10.2. The summed E-state index contributed by atoms with van der Waals surface area (Å²) >= 11 is 3.64. The fourth-order valence-corrected chi connectivity index (χ4v) is 5.68. The molecule has 4 rings (SSSR count). The van der Waals surface area contributed by atoms with Crippen molar-refractivity contribution >= 4 is 15.9 Å². The van der Waals surface area contributed by atoms with Crippen molar-refractivity contribution < 1.29 is 0 Å². The average molecular weight is 486 g/mol. The van der Waals surface area contributed by atoms with Crippen molar-refractivity contribution in [2.24, 2.45) is 0 Å². The molecule has 2 aromatic rings. The van der Waals surface area contributed by atoms with Crippen LogP contribution in [0, 0.1) is 0 Å². The number of allylic oxidation sites excluding steroid dienone is 8. The lowest BCUT2D eigenvalue weighted by atomic mass is 9.81. The van der Waals surface area contributed by atoms with E-state index in [-0.39, 0.29) is 10.8 Å². The van der Waals surface area contributed by atoms with Crippen molar-refractivity contribution in [3.8, 4) is 0 Å². The molecular formula is C31H33Br. The van der Waals surface area contributed by atoms with Crippen LogP contribution in [0.1, 0.15) is 56.4 Å². The van der Waals surface area contributed by atoms with Crippen molar-refractivity contribution in [1.29, 1.82) is 0 Å². The first-order valence-electron chi connectivity index (χ1n) is 11.4. The predicted octanol–water partition coefficient (Wildman–Crippen LogP) is 8.73. The Labute approximate surface area is 202 Å². The molecule has 2 aromatic carbocycles. The van der Waals surface area contributed by atoms with Gasteiger partial charge < -0.3 is 0 Å². The largest absolute Gasteiger partial charge is 0.0991 e. The quantitative estimate of drug-likeness (QED) is 0.372. The van der Waals surface area contributed by atoms with Gasteiger partial charge in [-0.1, -0.05) is 128 Å². The van der Waals surface area contributed by atoms with Crippen LogP contribution in [0.25, 0.3) is 0 Å². The monoisotopic (exact) mass is 484 g/mol. The Morgan fingerprint density at radius 1 is 0.906 bits per heavy atom. The highest BCUT2D eigenvalue weighted by Crippen LogP contribution is 2.45. The van der Waals surface area contributed by atoms with Gasteiger partial charge in [-0.2, -0.15) is 0 Å². The van der Waals surface area contributed by atoms with Gasteiger partial charge in [0.15, 0.2) is 0 Å². The number of fused-ring (bicyclic) bond motifs is 2. The number of hydrogen-bond donors (Lipinski definition) is 0. The van der Waals surface area contributed by atoms with Crippen LogP contribution in [0.5, 0.6) is 0 Å². The van der Waals surface area contributed by atoms with E-state index in [0.29, 0.717) is 0 Å². The average Bonchev–Trinajstić information content (AvgIpc) is 3.12. The van der Waals surface area contributed by atoms with E-state index < -0.39 is 0 Å². The molecule has 0 nitrogen and oxygen atoms in total. The molecule has 0 saturated heterocycles. The van der Waals surface area contributed by atoms with E-state index in [4.69, 9.17) is 0 Å². The fraction of sp³-hybridized carbons (Fsp3) is 0.290. The fourth-order valence-electron chi connectivity index (χ4n) is 5.32. The second-order valence-corrected chi connectivity index (χ2v) is 11.1. The zero-order chi connectivity index (χ0) is 23.1. The van der Waals surface area contributed by atoms with Gasteiger partial charge in [0.1, 0.15) is 0 Å². The van der Waals surface area contributed by atoms with Crippen molar-refractivity contribution in [2.75, 3.05) is 0 Å². The van der Waals surface area contributed by atoms with Crippen LogP contribution < -0.4 is 0 Å². The Balaban J connectivity index is 1.58. The lowest BCUT2D eigenvalue weighted by Crippen LogP contribution is -2.16. The van der Waals surface area contributed by atoms with E-state index in [0.717, 1.165) is 29.3 Å². The van der Waals surface area contributed by atoms with Crippen LogP contribution in [0.4, 0.5) is 0 Å². The Bertz CT molecular complexity index is 1180. The van der Waals surface area contributed by atoms with Crippen molar-refractivity contribution in [2.45, 2.75) is 57.8 Å². The van der Waals surface area contributed by atoms with E-state index >= 15 is 0 Å². The molecule has 2 aliphatic rings. The molecule has 0 amide bonds. The zero-order valence-corrected chi connectivity index (χ0v) is 21.4. The zero-order valence-electron chi connectivity index (χ0n) is 19.8. The summed E-state index contributed by atoms with van der Waals surface area (Å²) in [7, 11) is 0. The number of halogens is 1. The van der Waals surface area contributed by atoms with E-state index in [9.17, 15) is 0 Å². The minimum atomic E-state index is 0.0221. The number of hydrogen-bond acceptors (Lipinski definition) is 0. The molecule has 0 unspecified atom stereocenters. The molecule has 164 valence electrons. The van der Waals surface area contributed by atoms with E-state index in [2.05, 4.69) is 117 Å². The molecule has 1 heteroatoms. The van der Waals surface area contributed by atoms with E-state index in [1.54, 1.807) is 0 Å². The highest BCUT2D eigenvalue weighted by molar-refractivity contribution is 9.10. The molecule has 2 aliphatic carbocycles. The van der Waals surface area contributed by atoms with Crippen LogP contribution in [0.15, 0.2) is 107 Å². The predicted molar refractivity (Wildman–Crippen MR) is 142 cm³/mol. The number of benzene rings is 2. The Morgan fingerprint density at radius 3 is 2.22 bits per heavy atom. The highest BCUT2D eigenvalue weighted by atomic mass is 79.9. The third-order valence-corrected chi connectivity index (χ3v) is 7.80. The van der Waals surface area contributed by atoms with Gasteiger partial charge >= 0.3 is 0 Å². The summed E-state index contributed by atoms with van der Waals surface area (Å²) in [5.74, 6) is 0. The lowest BCUT2D eigenvalue weighted by Gasteiger charge is -2.23. The standard InChI is InChI=1S/C31H33Br/c1-7-10-22(17-26-19-24-13-14-27(32)20-29(24)31(26,5)6)15-21(2)16-25-18-23-11-8-9-12-28(23)30(25,3)4/h7-14,16-17,20H,1-2,15,18-19H2,3-6H3/b22-10-,25-16+,26-17+. The molecule has 0 fully saturated rings. The van der Waals surface area contributed by atoms with E-state index in [1.807, 2.05) is 6.08 Å². The SMILES string of the molecule is C=C/C=C(\C=C1/Cc2ccc(Br)cc2C1(C)C)CC(=C)/C=C1\Cc2ccccc2C1(C)C. The molecule has 0 aromatic heterocycles. The van der Waals surface area contributed by atoms with Crippen molar-refractivity contribution in [3.05, 3.63) is 129 Å². The molecule has 0 N–H and O–H groups in total. The van der Waals surface area contributed by atoms with Gasteiger partial charge in [0.25, 0.3) is 0 Å². The summed E-state index contributed by atoms with van der Waals surface area (Å²) in [6.45, 7) is 17.7. The summed E-state index contributed by atoms with van der Waals surface area (Å²) in [4.78, 5) is 0. The second kappa shape index (κ2) is 8.52. The van der Waals surface area contributed by atoms with Gasteiger partial charge in [-0.25, -0.2) is 0 Å². The van der Waals surface area contributed by atoms with Crippen molar-refractivity contribution in [3.63, 3.8) is 0 Å². The summed E-state index contributed by atoms with van der Waals surface area (Å²) in [5, 5.41) is 0. The highest BCUT2D eigenvalue weighted by Gasteiger charge is 2.35. The molecule has 0 heterocycles. The molecule has 0 atom stereocenters. The van der Waals surface area contributed by atoms with Crippen LogP contribution >= 0.6 is 15.9 Å².